The Morgan fingerprint density at radius 1 is 1.27 bits per heavy atom. The minimum Gasteiger partial charge on any atom is -0.504 e. The third-order valence-electron chi connectivity index (χ3n) is 1.40. The molecule has 0 amide bonds. The highest BCUT2D eigenvalue weighted by atomic mass is 35.5. The Bertz CT molecular complexity index is 271. The van der Waals surface area contributed by atoms with Crippen LogP contribution in [0.3, 0.4) is 0 Å². The smallest absolute Gasteiger partial charge is 0.176 e. The minimum absolute atomic E-state index is 0.0926. The third-order valence-corrected chi connectivity index (χ3v) is 2.26. The molecule has 0 bridgehead atoms. The van der Waals surface area contributed by atoms with Crippen LogP contribution in [0.1, 0.15) is 5.56 Å². The Labute approximate surface area is 74.0 Å². The van der Waals surface area contributed by atoms with Crippen LogP contribution in [0.15, 0.2) is 6.07 Å². The maximum atomic E-state index is 9.07. The van der Waals surface area contributed by atoms with Gasteiger partial charge in [-0.3, -0.25) is 0 Å². The van der Waals surface area contributed by atoms with Gasteiger partial charge >= 0.3 is 0 Å². The van der Waals surface area contributed by atoms with Crippen LogP contribution in [0.25, 0.3) is 0 Å². The Morgan fingerprint density at radius 3 is 2.36 bits per heavy atom. The van der Waals surface area contributed by atoms with Crippen LogP contribution in [0.2, 0.25) is 10.0 Å². The van der Waals surface area contributed by atoms with E-state index >= 15 is 0 Å². The van der Waals surface area contributed by atoms with Crippen molar-refractivity contribution in [1.29, 1.82) is 0 Å². The number of aromatic hydroxyl groups is 2. The highest BCUT2D eigenvalue weighted by Gasteiger charge is 2.10. The van der Waals surface area contributed by atoms with Crippen molar-refractivity contribution in [2.24, 2.45) is 0 Å². The summed E-state index contributed by atoms with van der Waals surface area (Å²) < 4.78 is 0. The highest BCUT2D eigenvalue weighted by Crippen LogP contribution is 2.39. The topological polar surface area (TPSA) is 40.5 Å². The Balaban J connectivity index is 3.46. The predicted molar refractivity (Wildman–Crippen MR) is 44.5 cm³/mol. The number of phenolic OH excluding ortho intramolecular Hbond substituents is 2. The molecule has 4 heteroatoms. The summed E-state index contributed by atoms with van der Waals surface area (Å²) >= 11 is 11.2. The van der Waals surface area contributed by atoms with E-state index in [4.69, 9.17) is 33.4 Å². The molecule has 0 saturated heterocycles. The molecule has 0 saturated carbocycles. The van der Waals surface area contributed by atoms with Gasteiger partial charge in [0.05, 0.1) is 5.02 Å². The Hall–Kier alpha value is -0.600. The zero-order valence-corrected chi connectivity index (χ0v) is 7.24. The van der Waals surface area contributed by atoms with Gasteiger partial charge in [-0.25, -0.2) is 0 Å². The molecule has 2 nitrogen and oxygen atoms in total. The van der Waals surface area contributed by atoms with E-state index in [-0.39, 0.29) is 16.5 Å². The fourth-order valence-corrected chi connectivity index (χ4v) is 1.14. The van der Waals surface area contributed by atoms with E-state index in [0.29, 0.717) is 10.6 Å². The van der Waals surface area contributed by atoms with Gasteiger partial charge in [0.2, 0.25) is 0 Å². The summed E-state index contributed by atoms with van der Waals surface area (Å²) in [4.78, 5) is 0. The fraction of sp³-hybridized carbons (Fsp3) is 0.143. The molecular formula is C7H6Cl2O2. The van der Waals surface area contributed by atoms with E-state index in [9.17, 15) is 0 Å². The van der Waals surface area contributed by atoms with Gasteiger partial charge in [-0.05, 0) is 12.5 Å². The lowest BCUT2D eigenvalue weighted by Gasteiger charge is -2.04. The van der Waals surface area contributed by atoms with E-state index in [1.807, 2.05) is 0 Å². The van der Waals surface area contributed by atoms with Crippen LogP contribution in [0, 0.1) is 6.92 Å². The second kappa shape index (κ2) is 2.80. The molecule has 0 atom stereocenters. The van der Waals surface area contributed by atoms with Crippen LogP contribution in [-0.4, -0.2) is 10.2 Å². The van der Waals surface area contributed by atoms with Crippen molar-refractivity contribution < 1.29 is 10.2 Å². The lowest BCUT2D eigenvalue weighted by atomic mass is 10.2. The monoisotopic (exact) mass is 192 g/mol. The first kappa shape index (κ1) is 8.50. The molecule has 1 rings (SSSR count). The molecular weight excluding hydrogens is 187 g/mol. The van der Waals surface area contributed by atoms with Crippen LogP contribution in [0.4, 0.5) is 0 Å². The van der Waals surface area contributed by atoms with Gasteiger partial charge in [0.1, 0.15) is 0 Å². The Kier molecular flexibility index (Phi) is 2.16. The standard InChI is InChI=1S/C7H6Cl2O2/c1-3-4(8)2-5(10)7(11)6(3)9/h2,10-11H,1H3. The highest BCUT2D eigenvalue weighted by molar-refractivity contribution is 6.37. The molecule has 0 aliphatic heterocycles. The first-order valence-electron chi connectivity index (χ1n) is 2.90. The molecule has 11 heavy (non-hydrogen) atoms. The van der Waals surface area contributed by atoms with Crippen molar-refractivity contribution in [3.05, 3.63) is 21.7 Å². The summed E-state index contributed by atoms with van der Waals surface area (Å²) in [5.74, 6) is -0.626. The lowest BCUT2D eigenvalue weighted by Crippen LogP contribution is -1.79. The van der Waals surface area contributed by atoms with Crippen molar-refractivity contribution in [1.82, 2.24) is 0 Å². The summed E-state index contributed by atoms with van der Waals surface area (Å²) in [7, 11) is 0. The van der Waals surface area contributed by atoms with Crippen molar-refractivity contribution in [3.63, 3.8) is 0 Å². The molecule has 0 radical (unpaired) electrons. The summed E-state index contributed by atoms with van der Waals surface area (Å²) in [5.41, 5.74) is 0.559. The van der Waals surface area contributed by atoms with Gasteiger partial charge in [-0.1, -0.05) is 23.2 Å². The van der Waals surface area contributed by atoms with Gasteiger partial charge in [0, 0.05) is 11.1 Å². The van der Waals surface area contributed by atoms with Crippen LogP contribution < -0.4 is 0 Å². The summed E-state index contributed by atoms with van der Waals surface area (Å²) in [5, 5.41) is 18.5. The molecule has 0 fully saturated rings. The van der Waals surface area contributed by atoms with Crippen molar-refractivity contribution in [3.8, 4) is 11.5 Å². The SMILES string of the molecule is Cc1c(Cl)cc(O)c(O)c1Cl. The largest absolute Gasteiger partial charge is 0.504 e. The normalized spacial score (nSPS) is 10.1. The van der Waals surface area contributed by atoms with Crippen LogP contribution in [-0.2, 0) is 0 Å². The third kappa shape index (κ3) is 1.37. The lowest BCUT2D eigenvalue weighted by molar-refractivity contribution is 0.403. The van der Waals surface area contributed by atoms with Gasteiger partial charge in [0.15, 0.2) is 11.5 Å². The number of rotatable bonds is 0. The van der Waals surface area contributed by atoms with E-state index in [1.165, 1.54) is 6.07 Å². The van der Waals surface area contributed by atoms with Crippen molar-refractivity contribution in [2.45, 2.75) is 6.92 Å². The van der Waals surface area contributed by atoms with E-state index in [0.717, 1.165) is 0 Å². The van der Waals surface area contributed by atoms with Crippen molar-refractivity contribution in [2.75, 3.05) is 0 Å². The average molecular weight is 193 g/mol. The molecule has 0 aliphatic rings. The fourth-order valence-electron chi connectivity index (χ4n) is 0.692. The molecule has 2 N–H and O–H groups in total. The number of phenols is 2. The maximum absolute atomic E-state index is 9.07. The molecule has 1 aromatic carbocycles. The number of hydrogen-bond donors (Lipinski definition) is 2. The van der Waals surface area contributed by atoms with Gasteiger partial charge < -0.3 is 10.2 Å². The molecule has 0 aromatic heterocycles. The minimum atomic E-state index is -0.325. The molecule has 0 unspecified atom stereocenters. The average Bonchev–Trinajstić information content (AvgIpc) is 1.97. The zero-order valence-electron chi connectivity index (χ0n) is 5.73. The van der Waals surface area contributed by atoms with Gasteiger partial charge in [0.25, 0.3) is 0 Å². The summed E-state index contributed by atoms with van der Waals surface area (Å²) in [6.45, 7) is 1.66. The van der Waals surface area contributed by atoms with E-state index in [1.54, 1.807) is 6.92 Å². The number of benzene rings is 1. The molecule has 0 spiro atoms. The second-order valence-electron chi connectivity index (χ2n) is 2.17. The van der Waals surface area contributed by atoms with Crippen molar-refractivity contribution >= 4 is 23.2 Å². The first-order chi connectivity index (χ1) is 5.04. The maximum Gasteiger partial charge on any atom is 0.176 e. The summed E-state index contributed by atoms with van der Waals surface area (Å²) in [6.07, 6.45) is 0. The zero-order chi connectivity index (χ0) is 8.59. The predicted octanol–water partition coefficient (Wildman–Crippen LogP) is 2.71. The quantitative estimate of drug-likeness (QED) is 0.621. The molecule has 1 aromatic rings. The first-order valence-corrected chi connectivity index (χ1v) is 3.66. The van der Waals surface area contributed by atoms with E-state index in [2.05, 4.69) is 0 Å². The van der Waals surface area contributed by atoms with Crippen LogP contribution in [0.5, 0.6) is 11.5 Å². The van der Waals surface area contributed by atoms with E-state index < -0.39 is 0 Å². The molecule has 0 heterocycles. The molecule has 0 aliphatic carbocycles. The van der Waals surface area contributed by atoms with Gasteiger partial charge in [-0.2, -0.15) is 0 Å². The van der Waals surface area contributed by atoms with Gasteiger partial charge in [-0.15, -0.1) is 0 Å². The van der Waals surface area contributed by atoms with Crippen LogP contribution >= 0.6 is 23.2 Å². The number of hydrogen-bond acceptors (Lipinski definition) is 2. The number of halogens is 2. The summed E-state index contributed by atoms with van der Waals surface area (Å²) in [6, 6.07) is 1.25. The Morgan fingerprint density at radius 2 is 1.82 bits per heavy atom. The second-order valence-corrected chi connectivity index (χ2v) is 2.95. The molecule has 60 valence electrons.